The summed E-state index contributed by atoms with van der Waals surface area (Å²) in [6.07, 6.45) is 2.72. The molecule has 1 aliphatic heterocycles. The Hall–Kier alpha value is -0.860. The number of nitrogens with one attached hydrogen (secondary N) is 1. The van der Waals surface area contributed by atoms with E-state index in [0.717, 1.165) is 25.6 Å². The minimum Gasteiger partial charge on any atom is -0.313 e. The van der Waals surface area contributed by atoms with Gasteiger partial charge in [-0.15, -0.1) is 0 Å². The Morgan fingerprint density at radius 3 is 2.33 bits per heavy atom. The van der Waals surface area contributed by atoms with E-state index in [2.05, 4.69) is 48.3 Å². The van der Waals surface area contributed by atoms with Crippen molar-refractivity contribution in [3.05, 3.63) is 35.4 Å². The maximum Gasteiger partial charge on any atom is 0.0233 e. The van der Waals surface area contributed by atoms with Gasteiger partial charge in [0, 0.05) is 13.1 Å². The second-order valence-electron chi connectivity index (χ2n) is 5.56. The van der Waals surface area contributed by atoms with Crippen LogP contribution in [-0.4, -0.2) is 24.5 Å². The van der Waals surface area contributed by atoms with Gasteiger partial charge < -0.3 is 5.32 Å². The Bertz CT molecular complexity index is 337. The van der Waals surface area contributed by atoms with Crippen molar-refractivity contribution >= 4 is 0 Å². The summed E-state index contributed by atoms with van der Waals surface area (Å²) in [6.45, 7) is 10.2. The molecular formula is C16H26N2. The number of rotatable bonds is 5. The van der Waals surface area contributed by atoms with Crippen molar-refractivity contribution in [1.29, 1.82) is 0 Å². The fraction of sp³-hybridized carbons (Fsp3) is 0.625. The van der Waals surface area contributed by atoms with Crippen LogP contribution in [0.5, 0.6) is 0 Å². The zero-order valence-corrected chi connectivity index (χ0v) is 11.8. The average Bonchev–Trinajstić information content (AvgIpc) is 2.41. The van der Waals surface area contributed by atoms with Gasteiger partial charge in [-0.1, -0.05) is 38.1 Å². The molecule has 0 unspecified atom stereocenters. The molecule has 1 aliphatic rings. The maximum atomic E-state index is 3.36. The van der Waals surface area contributed by atoms with Crippen molar-refractivity contribution in [3.8, 4) is 0 Å². The fourth-order valence-electron chi connectivity index (χ4n) is 2.51. The molecule has 100 valence electrons. The van der Waals surface area contributed by atoms with E-state index in [-0.39, 0.29) is 0 Å². The first-order valence-corrected chi connectivity index (χ1v) is 7.29. The van der Waals surface area contributed by atoms with Crippen molar-refractivity contribution in [1.82, 2.24) is 10.2 Å². The first-order valence-electron chi connectivity index (χ1n) is 7.29. The predicted molar refractivity (Wildman–Crippen MR) is 77.5 cm³/mol. The molecule has 1 saturated heterocycles. The Morgan fingerprint density at radius 2 is 1.72 bits per heavy atom. The summed E-state index contributed by atoms with van der Waals surface area (Å²) in [7, 11) is 0. The monoisotopic (exact) mass is 246 g/mol. The quantitative estimate of drug-likeness (QED) is 0.859. The number of likely N-dealkylation sites (tertiary alicyclic amines) is 1. The lowest BCUT2D eigenvalue weighted by molar-refractivity contribution is 0.185. The van der Waals surface area contributed by atoms with Crippen LogP contribution in [0.25, 0.3) is 0 Å². The van der Waals surface area contributed by atoms with Gasteiger partial charge in [0.05, 0.1) is 0 Å². The van der Waals surface area contributed by atoms with Gasteiger partial charge in [-0.25, -0.2) is 0 Å². The summed E-state index contributed by atoms with van der Waals surface area (Å²) in [5.74, 6) is 0.920. The lowest BCUT2D eigenvalue weighted by atomic mass is 9.99. The van der Waals surface area contributed by atoms with Crippen molar-refractivity contribution in [2.24, 2.45) is 5.92 Å². The number of piperidine rings is 1. The Labute approximate surface area is 111 Å². The predicted octanol–water partition coefficient (Wildman–Crippen LogP) is 3.03. The third kappa shape index (κ3) is 4.11. The van der Waals surface area contributed by atoms with Crippen molar-refractivity contribution in [2.75, 3.05) is 19.6 Å². The van der Waals surface area contributed by atoms with Gasteiger partial charge in [-0.2, -0.15) is 0 Å². The van der Waals surface area contributed by atoms with Gasteiger partial charge in [0.2, 0.25) is 0 Å². The molecule has 2 heteroatoms. The molecule has 0 amide bonds. The topological polar surface area (TPSA) is 15.3 Å². The van der Waals surface area contributed by atoms with Crippen LogP contribution in [0.3, 0.4) is 0 Å². The molecule has 1 N–H and O–H groups in total. The molecule has 0 aliphatic carbocycles. The summed E-state index contributed by atoms with van der Waals surface area (Å²) in [5.41, 5.74) is 2.83. The van der Waals surface area contributed by atoms with Crippen LogP contribution in [0.1, 0.15) is 37.8 Å². The van der Waals surface area contributed by atoms with Gasteiger partial charge >= 0.3 is 0 Å². The van der Waals surface area contributed by atoms with Crippen LogP contribution >= 0.6 is 0 Å². The van der Waals surface area contributed by atoms with Crippen LogP contribution in [0, 0.1) is 5.92 Å². The first-order chi connectivity index (χ1) is 8.78. The molecule has 2 rings (SSSR count). The zero-order chi connectivity index (χ0) is 12.8. The van der Waals surface area contributed by atoms with Crippen LogP contribution in [0.4, 0.5) is 0 Å². The molecule has 2 nitrogen and oxygen atoms in total. The first kappa shape index (κ1) is 13.6. The third-order valence-corrected chi connectivity index (χ3v) is 3.88. The molecule has 0 radical (unpaired) electrons. The highest BCUT2D eigenvalue weighted by molar-refractivity contribution is 5.22. The highest BCUT2D eigenvalue weighted by Gasteiger charge is 2.15. The van der Waals surface area contributed by atoms with E-state index < -0.39 is 0 Å². The van der Waals surface area contributed by atoms with Gasteiger partial charge in [-0.3, -0.25) is 4.90 Å². The Balaban J connectivity index is 1.82. The zero-order valence-electron chi connectivity index (χ0n) is 11.8. The summed E-state index contributed by atoms with van der Waals surface area (Å²) in [4.78, 5) is 2.58. The van der Waals surface area contributed by atoms with E-state index in [1.54, 1.807) is 0 Å². The highest BCUT2D eigenvalue weighted by atomic mass is 15.1. The normalized spacial score (nSPS) is 18.1. The van der Waals surface area contributed by atoms with Gasteiger partial charge in [0.25, 0.3) is 0 Å². The number of hydrogen-bond donors (Lipinski definition) is 1. The van der Waals surface area contributed by atoms with E-state index in [4.69, 9.17) is 0 Å². The van der Waals surface area contributed by atoms with Crippen molar-refractivity contribution < 1.29 is 0 Å². The smallest absolute Gasteiger partial charge is 0.0233 e. The van der Waals surface area contributed by atoms with Crippen LogP contribution in [-0.2, 0) is 13.1 Å². The van der Waals surface area contributed by atoms with Gasteiger partial charge in [0.1, 0.15) is 0 Å². The summed E-state index contributed by atoms with van der Waals surface area (Å²) >= 11 is 0. The molecule has 0 spiro atoms. The van der Waals surface area contributed by atoms with E-state index in [1.807, 2.05) is 0 Å². The number of nitrogens with zero attached hydrogens (tertiary/aromatic N) is 1. The summed E-state index contributed by atoms with van der Waals surface area (Å²) in [6, 6.07) is 9.07. The standard InChI is InChI=1S/C16H26N2/c1-3-17-12-15-4-6-16(7-5-15)13-18-10-8-14(2)9-11-18/h4-7,14,17H,3,8-13H2,1-2H3. The molecule has 1 aromatic carbocycles. The second kappa shape index (κ2) is 6.91. The Morgan fingerprint density at radius 1 is 1.11 bits per heavy atom. The third-order valence-electron chi connectivity index (χ3n) is 3.88. The second-order valence-corrected chi connectivity index (χ2v) is 5.56. The maximum absolute atomic E-state index is 3.36. The molecular weight excluding hydrogens is 220 g/mol. The molecule has 0 atom stereocenters. The van der Waals surface area contributed by atoms with Crippen LogP contribution in [0.15, 0.2) is 24.3 Å². The van der Waals surface area contributed by atoms with Crippen LogP contribution < -0.4 is 5.32 Å². The molecule has 0 bridgehead atoms. The van der Waals surface area contributed by atoms with Crippen LogP contribution in [0.2, 0.25) is 0 Å². The highest BCUT2D eigenvalue weighted by Crippen LogP contribution is 2.18. The lowest BCUT2D eigenvalue weighted by Crippen LogP contribution is -2.32. The van der Waals surface area contributed by atoms with Crippen molar-refractivity contribution in [3.63, 3.8) is 0 Å². The van der Waals surface area contributed by atoms with Crippen molar-refractivity contribution in [2.45, 2.75) is 39.8 Å². The van der Waals surface area contributed by atoms with E-state index in [0.29, 0.717) is 0 Å². The minimum absolute atomic E-state index is 0.920. The van der Waals surface area contributed by atoms with E-state index in [9.17, 15) is 0 Å². The van der Waals surface area contributed by atoms with E-state index in [1.165, 1.54) is 37.1 Å². The number of hydrogen-bond acceptors (Lipinski definition) is 2. The molecule has 0 aromatic heterocycles. The molecule has 1 aromatic rings. The number of benzene rings is 1. The van der Waals surface area contributed by atoms with E-state index >= 15 is 0 Å². The Kier molecular flexibility index (Phi) is 5.21. The lowest BCUT2D eigenvalue weighted by Gasteiger charge is -2.30. The molecule has 0 saturated carbocycles. The largest absolute Gasteiger partial charge is 0.313 e. The average molecular weight is 246 g/mol. The van der Waals surface area contributed by atoms with Gasteiger partial charge in [-0.05, 0) is 49.5 Å². The summed E-state index contributed by atoms with van der Waals surface area (Å²) in [5, 5.41) is 3.36. The molecule has 1 fully saturated rings. The molecule has 18 heavy (non-hydrogen) atoms. The minimum atomic E-state index is 0.920. The SMILES string of the molecule is CCNCc1ccc(CN2CCC(C)CC2)cc1. The van der Waals surface area contributed by atoms with Gasteiger partial charge in [0.15, 0.2) is 0 Å². The molecule has 1 heterocycles. The fourth-order valence-corrected chi connectivity index (χ4v) is 2.51. The summed E-state index contributed by atoms with van der Waals surface area (Å²) < 4.78 is 0.